The summed E-state index contributed by atoms with van der Waals surface area (Å²) >= 11 is 6.12. The molecule has 1 radical (unpaired) electrons. The molecule has 0 saturated heterocycles. The lowest BCUT2D eigenvalue weighted by Crippen LogP contribution is -1.90. The van der Waals surface area contributed by atoms with E-state index in [1.807, 2.05) is 6.07 Å². The Balaban J connectivity index is 2.36. The molecule has 0 aromatic heterocycles. The highest BCUT2D eigenvalue weighted by Crippen LogP contribution is 2.43. The molecule has 0 amide bonds. The van der Waals surface area contributed by atoms with Crippen LogP contribution in [0.1, 0.15) is 42.7 Å². The van der Waals surface area contributed by atoms with Gasteiger partial charge >= 0.3 is 0 Å². The Kier molecular flexibility index (Phi) is 2.33. The second-order valence-corrected chi connectivity index (χ2v) is 4.36. The summed E-state index contributed by atoms with van der Waals surface area (Å²) in [6.07, 6.45) is 2.60. The van der Waals surface area contributed by atoms with Gasteiger partial charge in [0.2, 0.25) is 0 Å². The van der Waals surface area contributed by atoms with E-state index in [1.165, 1.54) is 24.0 Å². The molecule has 2 rings (SSSR count). The smallest absolute Gasteiger partial charge is 0.0441 e. The molecule has 1 heteroatoms. The topological polar surface area (TPSA) is 0 Å². The third kappa shape index (κ3) is 1.88. The van der Waals surface area contributed by atoms with Gasteiger partial charge in [-0.2, -0.15) is 0 Å². The van der Waals surface area contributed by atoms with Gasteiger partial charge in [0, 0.05) is 5.02 Å². The van der Waals surface area contributed by atoms with Crippen molar-refractivity contribution in [3.8, 4) is 0 Å². The fourth-order valence-electron chi connectivity index (χ4n) is 1.58. The van der Waals surface area contributed by atoms with Gasteiger partial charge in [-0.05, 0) is 48.8 Å². The number of benzene rings is 1. The first kappa shape index (κ1) is 9.08. The Bertz CT molecular complexity index is 311. The summed E-state index contributed by atoms with van der Waals surface area (Å²) in [5, 5.41) is 0.923. The maximum Gasteiger partial charge on any atom is 0.0441 e. The van der Waals surface area contributed by atoms with E-state index in [9.17, 15) is 0 Å². The van der Waals surface area contributed by atoms with Crippen molar-refractivity contribution in [1.29, 1.82) is 0 Å². The average molecular weight is 194 g/mol. The summed E-state index contributed by atoms with van der Waals surface area (Å²) < 4.78 is 0. The van der Waals surface area contributed by atoms with Crippen molar-refractivity contribution in [3.05, 3.63) is 41.3 Å². The van der Waals surface area contributed by atoms with Crippen molar-refractivity contribution in [1.82, 2.24) is 0 Å². The summed E-state index contributed by atoms with van der Waals surface area (Å²) in [7, 11) is 0. The van der Waals surface area contributed by atoms with Gasteiger partial charge in [-0.3, -0.25) is 0 Å². The van der Waals surface area contributed by atoms with Gasteiger partial charge in [0.15, 0.2) is 0 Å². The first-order chi connectivity index (χ1) is 6.18. The fraction of sp³-hybridized carbons (Fsp3) is 0.417. The molecular formula is C12H14Cl. The fourth-order valence-corrected chi connectivity index (χ4v) is 1.85. The van der Waals surface area contributed by atoms with E-state index in [0.717, 1.165) is 10.9 Å². The first-order valence-electron chi connectivity index (χ1n) is 4.81. The van der Waals surface area contributed by atoms with Crippen LogP contribution in [0, 0.1) is 6.92 Å². The zero-order valence-corrected chi connectivity index (χ0v) is 8.64. The molecule has 1 atom stereocenters. The minimum atomic E-state index is 0.356. The van der Waals surface area contributed by atoms with E-state index >= 15 is 0 Å². The van der Waals surface area contributed by atoms with Gasteiger partial charge in [0.25, 0.3) is 0 Å². The highest BCUT2D eigenvalue weighted by Gasteiger charge is 2.25. The number of rotatable bonds is 2. The minimum Gasteiger partial charge on any atom is -0.0840 e. The normalized spacial score (nSPS) is 16.6. The van der Waals surface area contributed by atoms with Gasteiger partial charge in [-0.15, -0.1) is 0 Å². The van der Waals surface area contributed by atoms with Crippen molar-refractivity contribution in [2.24, 2.45) is 0 Å². The second-order valence-electron chi connectivity index (χ2n) is 3.96. The molecule has 0 bridgehead atoms. The molecule has 0 nitrogen and oxygen atoms in total. The standard InChI is InChI=1S/C12H14Cl/c1-8(2)10-5-6-12(13)11(7-10)9-3-4-9/h5-9H,1,3-4H2,2H3. The molecule has 0 spiro atoms. The van der Waals surface area contributed by atoms with Crippen LogP contribution in [0.25, 0.3) is 0 Å². The molecule has 1 aliphatic rings. The molecule has 1 saturated carbocycles. The molecule has 13 heavy (non-hydrogen) atoms. The summed E-state index contributed by atoms with van der Waals surface area (Å²) in [6.45, 7) is 6.13. The monoisotopic (exact) mass is 193 g/mol. The maximum absolute atomic E-state index is 6.12. The zero-order valence-electron chi connectivity index (χ0n) is 7.89. The van der Waals surface area contributed by atoms with E-state index in [-0.39, 0.29) is 0 Å². The van der Waals surface area contributed by atoms with Crippen LogP contribution in [0.15, 0.2) is 18.2 Å². The molecule has 0 heterocycles. The molecule has 69 valence electrons. The van der Waals surface area contributed by atoms with Crippen molar-refractivity contribution >= 4 is 11.6 Å². The van der Waals surface area contributed by atoms with Crippen LogP contribution in [-0.4, -0.2) is 0 Å². The molecule has 1 aliphatic carbocycles. The van der Waals surface area contributed by atoms with Gasteiger partial charge in [-0.1, -0.05) is 30.7 Å². The van der Waals surface area contributed by atoms with Gasteiger partial charge < -0.3 is 0 Å². The van der Waals surface area contributed by atoms with Gasteiger partial charge in [0.1, 0.15) is 0 Å². The third-order valence-corrected chi connectivity index (χ3v) is 2.95. The van der Waals surface area contributed by atoms with E-state index in [4.69, 9.17) is 11.6 Å². The number of hydrogen-bond donors (Lipinski definition) is 0. The quantitative estimate of drug-likeness (QED) is 0.662. The molecular weight excluding hydrogens is 180 g/mol. The summed E-state index contributed by atoms with van der Waals surface area (Å²) in [5.41, 5.74) is 2.63. The second kappa shape index (κ2) is 3.34. The zero-order chi connectivity index (χ0) is 9.42. The Hall–Kier alpha value is -0.490. The Morgan fingerprint density at radius 1 is 1.46 bits per heavy atom. The van der Waals surface area contributed by atoms with E-state index < -0.39 is 0 Å². The van der Waals surface area contributed by atoms with Crippen LogP contribution in [0.4, 0.5) is 0 Å². The van der Waals surface area contributed by atoms with Crippen LogP contribution < -0.4 is 0 Å². The Morgan fingerprint density at radius 3 is 2.69 bits per heavy atom. The van der Waals surface area contributed by atoms with Crippen molar-refractivity contribution in [3.63, 3.8) is 0 Å². The average Bonchev–Trinajstić information content (AvgIpc) is 2.87. The molecule has 1 aromatic rings. The first-order valence-corrected chi connectivity index (χ1v) is 5.18. The minimum absolute atomic E-state index is 0.356. The van der Waals surface area contributed by atoms with Crippen molar-refractivity contribution in [2.75, 3.05) is 0 Å². The molecule has 1 fully saturated rings. The lowest BCUT2D eigenvalue weighted by atomic mass is 9.99. The number of hydrogen-bond acceptors (Lipinski definition) is 0. The molecule has 1 unspecified atom stereocenters. The Labute approximate surface area is 84.9 Å². The molecule has 0 N–H and O–H groups in total. The molecule has 1 aromatic carbocycles. The summed E-state index contributed by atoms with van der Waals surface area (Å²) in [4.78, 5) is 0. The van der Waals surface area contributed by atoms with Crippen LogP contribution in [0.2, 0.25) is 5.02 Å². The summed E-state index contributed by atoms with van der Waals surface area (Å²) in [6, 6.07) is 6.30. The Morgan fingerprint density at radius 2 is 2.15 bits per heavy atom. The van der Waals surface area contributed by atoms with Crippen LogP contribution in [0.3, 0.4) is 0 Å². The van der Waals surface area contributed by atoms with Crippen molar-refractivity contribution in [2.45, 2.75) is 31.6 Å². The van der Waals surface area contributed by atoms with Crippen LogP contribution in [0.5, 0.6) is 0 Å². The maximum atomic E-state index is 6.12. The third-order valence-electron chi connectivity index (χ3n) is 2.61. The predicted molar refractivity (Wildman–Crippen MR) is 57.2 cm³/mol. The lowest BCUT2D eigenvalue weighted by Gasteiger charge is -2.09. The largest absolute Gasteiger partial charge is 0.0840 e. The van der Waals surface area contributed by atoms with E-state index in [1.54, 1.807) is 0 Å². The summed E-state index contributed by atoms with van der Waals surface area (Å²) in [5.74, 6) is 1.08. The highest BCUT2D eigenvalue weighted by atomic mass is 35.5. The van der Waals surface area contributed by atoms with Gasteiger partial charge in [-0.25, -0.2) is 0 Å². The van der Waals surface area contributed by atoms with E-state index in [2.05, 4.69) is 26.0 Å². The molecule has 0 aliphatic heterocycles. The van der Waals surface area contributed by atoms with E-state index in [0.29, 0.717) is 5.92 Å². The van der Waals surface area contributed by atoms with Crippen LogP contribution in [-0.2, 0) is 0 Å². The predicted octanol–water partition coefficient (Wildman–Crippen LogP) is 4.15. The lowest BCUT2D eigenvalue weighted by molar-refractivity contribution is 0.954. The van der Waals surface area contributed by atoms with Crippen LogP contribution >= 0.6 is 11.6 Å². The van der Waals surface area contributed by atoms with Crippen molar-refractivity contribution < 1.29 is 0 Å². The SMILES string of the molecule is [CH2]C(C)c1ccc(Cl)c(C2CC2)c1. The number of halogens is 1. The highest BCUT2D eigenvalue weighted by molar-refractivity contribution is 6.31. The van der Waals surface area contributed by atoms with Gasteiger partial charge in [0.05, 0.1) is 0 Å².